The summed E-state index contributed by atoms with van der Waals surface area (Å²) >= 11 is 0. The number of nitrogens with one attached hydrogen (secondary N) is 3. The van der Waals surface area contributed by atoms with Gasteiger partial charge in [0.05, 0.1) is 0 Å². The monoisotopic (exact) mass is 285 g/mol. The Kier molecular flexibility index (Phi) is 3.87. The van der Waals surface area contributed by atoms with Crippen LogP contribution in [0.25, 0.3) is 10.9 Å². The lowest BCUT2D eigenvalue weighted by molar-refractivity contribution is -0.140. The molecule has 1 aromatic heterocycles. The van der Waals surface area contributed by atoms with Crippen molar-refractivity contribution >= 4 is 22.6 Å². The number of anilines is 1. The number of carbonyl (C=O) groups excluding carboxylic acids is 1. The fourth-order valence-corrected chi connectivity index (χ4v) is 1.78. The molecular weight excluding hydrogens is 271 g/mol. The molecule has 0 unspecified atom stereocenters. The molecule has 0 aliphatic heterocycles. The lowest BCUT2D eigenvalue weighted by Crippen LogP contribution is -2.29. The molecule has 1 heterocycles. The van der Waals surface area contributed by atoms with E-state index in [-0.39, 0.29) is 6.03 Å². The molecule has 0 aliphatic carbocycles. The molecule has 0 spiro atoms. The van der Waals surface area contributed by atoms with E-state index in [1.807, 2.05) is 6.92 Å². The van der Waals surface area contributed by atoms with Gasteiger partial charge in [0, 0.05) is 23.1 Å². The molecule has 7 heteroatoms. The number of aromatic nitrogens is 1. The largest absolute Gasteiger partial charge is 0.431 e. The van der Waals surface area contributed by atoms with Crippen LogP contribution in [-0.2, 0) is 6.18 Å². The molecule has 3 N–H and O–H groups in total. The SMILES string of the molecule is CCCNC(=O)Nc1ccc2[nH]c(C(F)(F)F)cc2c1. The molecule has 0 saturated heterocycles. The van der Waals surface area contributed by atoms with Crippen LogP contribution in [0, 0.1) is 0 Å². The topological polar surface area (TPSA) is 56.9 Å². The number of hydrogen-bond acceptors (Lipinski definition) is 1. The zero-order valence-corrected chi connectivity index (χ0v) is 10.8. The number of rotatable bonds is 3. The number of amides is 2. The van der Waals surface area contributed by atoms with E-state index in [2.05, 4.69) is 15.6 Å². The van der Waals surface area contributed by atoms with Crippen molar-refractivity contribution in [3.8, 4) is 0 Å². The maximum absolute atomic E-state index is 12.6. The molecular formula is C13H14F3N3O. The highest BCUT2D eigenvalue weighted by Crippen LogP contribution is 2.31. The fraction of sp³-hybridized carbons (Fsp3) is 0.308. The maximum atomic E-state index is 12.6. The van der Waals surface area contributed by atoms with Gasteiger partial charge in [-0.15, -0.1) is 0 Å². The summed E-state index contributed by atoms with van der Waals surface area (Å²) in [5.41, 5.74) is 0.00996. The van der Waals surface area contributed by atoms with Crippen molar-refractivity contribution < 1.29 is 18.0 Å². The van der Waals surface area contributed by atoms with Gasteiger partial charge < -0.3 is 15.6 Å². The first-order valence-electron chi connectivity index (χ1n) is 6.15. The van der Waals surface area contributed by atoms with Crippen LogP contribution in [0.15, 0.2) is 24.3 Å². The summed E-state index contributed by atoms with van der Waals surface area (Å²) < 4.78 is 37.7. The van der Waals surface area contributed by atoms with Gasteiger partial charge in [0.15, 0.2) is 0 Å². The fourth-order valence-electron chi connectivity index (χ4n) is 1.78. The van der Waals surface area contributed by atoms with Crippen LogP contribution in [0.2, 0.25) is 0 Å². The number of aromatic amines is 1. The minimum atomic E-state index is -4.41. The zero-order chi connectivity index (χ0) is 14.8. The molecule has 0 atom stereocenters. The van der Waals surface area contributed by atoms with Crippen LogP contribution in [0.4, 0.5) is 23.7 Å². The van der Waals surface area contributed by atoms with E-state index in [4.69, 9.17) is 0 Å². The van der Waals surface area contributed by atoms with E-state index >= 15 is 0 Å². The van der Waals surface area contributed by atoms with E-state index in [1.165, 1.54) is 12.1 Å². The number of alkyl halides is 3. The van der Waals surface area contributed by atoms with Crippen LogP contribution in [-0.4, -0.2) is 17.6 Å². The van der Waals surface area contributed by atoms with E-state index < -0.39 is 11.9 Å². The number of benzene rings is 1. The van der Waals surface area contributed by atoms with Crippen LogP contribution >= 0.6 is 0 Å². The molecule has 2 aromatic rings. The highest BCUT2D eigenvalue weighted by Gasteiger charge is 2.32. The Balaban J connectivity index is 2.19. The van der Waals surface area contributed by atoms with Gasteiger partial charge in [0.25, 0.3) is 0 Å². The summed E-state index contributed by atoms with van der Waals surface area (Å²) in [6.45, 7) is 2.46. The first-order chi connectivity index (χ1) is 9.40. The Hall–Kier alpha value is -2.18. The molecule has 108 valence electrons. The number of halogens is 3. The average Bonchev–Trinajstić information content (AvgIpc) is 2.79. The Morgan fingerprint density at radius 1 is 1.30 bits per heavy atom. The van der Waals surface area contributed by atoms with E-state index in [0.717, 1.165) is 12.5 Å². The smallest absolute Gasteiger partial charge is 0.351 e. The summed E-state index contributed by atoms with van der Waals surface area (Å²) in [7, 11) is 0. The third-order valence-corrected chi connectivity index (χ3v) is 2.72. The van der Waals surface area contributed by atoms with Crippen LogP contribution in [0.1, 0.15) is 19.0 Å². The number of hydrogen-bond donors (Lipinski definition) is 3. The summed E-state index contributed by atoms with van der Waals surface area (Å²) in [5.74, 6) is 0. The van der Waals surface area contributed by atoms with Crippen molar-refractivity contribution in [1.29, 1.82) is 0 Å². The second kappa shape index (κ2) is 5.44. The predicted octanol–water partition coefficient (Wildman–Crippen LogP) is 3.72. The lowest BCUT2D eigenvalue weighted by atomic mass is 10.2. The highest BCUT2D eigenvalue weighted by atomic mass is 19.4. The standard InChI is InChI=1S/C13H14F3N3O/c1-2-5-17-12(20)18-9-3-4-10-8(6-9)7-11(19-10)13(14,15)16/h3-4,6-7,19H,2,5H2,1H3,(H2,17,18,20). The van der Waals surface area contributed by atoms with E-state index in [1.54, 1.807) is 6.07 Å². The quantitative estimate of drug-likeness (QED) is 0.791. The molecule has 0 aliphatic rings. The summed E-state index contributed by atoms with van der Waals surface area (Å²) in [6.07, 6.45) is -3.61. The van der Waals surface area contributed by atoms with Crippen molar-refractivity contribution in [3.63, 3.8) is 0 Å². The van der Waals surface area contributed by atoms with Gasteiger partial charge >= 0.3 is 12.2 Å². The Morgan fingerprint density at radius 2 is 2.05 bits per heavy atom. The Labute approximate surface area is 113 Å². The summed E-state index contributed by atoms with van der Waals surface area (Å²) in [4.78, 5) is 13.8. The first-order valence-corrected chi connectivity index (χ1v) is 6.15. The first kappa shape index (κ1) is 14.2. The molecule has 20 heavy (non-hydrogen) atoms. The Morgan fingerprint density at radius 3 is 2.70 bits per heavy atom. The normalized spacial score (nSPS) is 11.6. The van der Waals surface area contributed by atoms with Crippen molar-refractivity contribution in [2.75, 3.05) is 11.9 Å². The summed E-state index contributed by atoms with van der Waals surface area (Å²) in [5, 5.41) is 5.59. The van der Waals surface area contributed by atoms with Crippen LogP contribution in [0.3, 0.4) is 0 Å². The second-order valence-corrected chi connectivity index (χ2v) is 4.36. The number of fused-ring (bicyclic) bond motifs is 1. The van der Waals surface area contributed by atoms with Crippen molar-refractivity contribution in [2.24, 2.45) is 0 Å². The van der Waals surface area contributed by atoms with Gasteiger partial charge in [-0.2, -0.15) is 13.2 Å². The molecule has 0 bridgehead atoms. The molecule has 0 saturated carbocycles. The lowest BCUT2D eigenvalue weighted by Gasteiger charge is -2.06. The highest BCUT2D eigenvalue weighted by molar-refractivity contribution is 5.93. The van der Waals surface area contributed by atoms with Gasteiger partial charge in [-0.3, -0.25) is 0 Å². The number of H-pyrrole nitrogens is 1. The van der Waals surface area contributed by atoms with Crippen LogP contribution < -0.4 is 10.6 Å². The molecule has 4 nitrogen and oxygen atoms in total. The van der Waals surface area contributed by atoms with Crippen molar-refractivity contribution in [3.05, 3.63) is 30.0 Å². The molecule has 2 rings (SSSR count). The van der Waals surface area contributed by atoms with E-state index in [0.29, 0.717) is 23.1 Å². The zero-order valence-electron chi connectivity index (χ0n) is 10.8. The maximum Gasteiger partial charge on any atom is 0.431 e. The molecule has 2 amide bonds. The van der Waals surface area contributed by atoms with Gasteiger partial charge in [0.1, 0.15) is 5.69 Å². The third kappa shape index (κ3) is 3.23. The minimum absolute atomic E-state index is 0.372. The van der Waals surface area contributed by atoms with Crippen molar-refractivity contribution in [2.45, 2.75) is 19.5 Å². The number of urea groups is 1. The summed E-state index contributed by atoms with van der Waals surface area (Å²) in [6, 6.07) is 5.18. The van der Waals surface area contributed by atoms with Gasteiger partial charge in [-0.25, -0.2) is 4.79 Å². The average molecular weight is 285 g/mol. The predicted molar refractivity (Wildman–Crippen MR) is 70.6 cm³/mol. The van der Waals surface area contributed by atoms with Gasteiger partial charge in [0.2, 0.25) is 0 Å². The molecule has 0 radical (unpaired) electrons. The third-order valence-electron chi connectivity index (χ3n) is 2.72. The molecule has 1 aromatic carbocycles. The van der Waals surface area contributed by atoms with Crippen molar-refractivity contribution in [1.82, 2.24) is 10.3 Å². The van der Waals surface area contributed by atoms with Gasteiger partial charge in [-0.1, -0.05) is 6.92 Å². The minimum Gasteiger partial charge on any atom is -0.351 e. The van der Waals surface area contributed by atoms with Crippen LogP contribution in [0.5, 0.6) is 0 Å². The second-order valence-electron chi connectivity index (χ2n) is 4.36. The van der Waals surface area contributed by atoms with Gasteiger partial charge in [-0.05, 0) is 30.7 Å². The Bertz CT molecular complexity index is 619. The van der Waals surface area contributed by atoms with E-state index in [9.17, 15) is 18.0 Å². The number of carbonyl (C=O) groups is 1. The molecule has 0 fully saturated rings.